The quantitative estimate of drug-likeness (QED) is 0.437. The summed E-state index contributed by atoms with van der Waals surface area (Å²) in [6, 6.07) is 13.3. The van der Waals surface area contributed by atoms with E-state index < -0.39 is 28.7 Å². The van der Waals surface area contributed by atoms with Crippen molar-refractivity contribution in [2.75, 3.05) is 17.2 Å². The van der Waals surface area contributed by atoms with Crippen molar-refractivity contribution in [1.29, 1.82) is 0 Å². The molecule has 7 atom stereocenters. The van der Waals surface area contributed by atoms with E-state index in [9.17, 15) is 19.5 Å². The molecule has 0 saturated carbocycles. The van der Waals surface area contributed by atoms with Crippen molar-refractivity contribution in [1.82, 2.24) is 4.90 Å². The summed E-state index contributed by atoms with van der Waals surface area (Å²) in [5, 5.41) is 16.8. The molecule has 0 aromatic heterocycles. The van der Waals surface area contributed by atoms with Crippen molar-refractivity contribution in [3.05, 3.63) is 59.1 Å². The summed E-state index contributed by atoms with van der Waals surface area (Å²) >= 11 is 8.05. The molecule has 7 nitrogen and oxygen atoms in total. The second-order valence-corrected chi connectivity index (χ2v) is 12.7. The van der Waals surface area contributed by atoms with E-state index in [1.165, 1.54) is 0 Å². The molecule has 3 aliphatic rings. The first-order valence-electron chi connectivity index (χ1n) is 13.3. The molecular weight excluding hydrogens is 522 g/mol. The minimum Gasteiger partial charge on any atom is -0.394 e. The van der Waals surface area contributed by atoms with Gasteiger partial charge in [0, 0.05) is 10.9 Å². The van der Waals surface area contributed by atoms with Gasteiger partial charge in [0.15, 0.2) is 0 Å². The molecule has 1 spiro atoms. The van der Waals surface area contributed by atoms with Gasteiger partial charge in [-0.2, -0.15) is 0 Å². The molecular formula is C29H34ClN3O4S. The van der Waals surface area contributed by atoms with Gasteiger partial charge in [-0.3, -0.25) is 14.4 Å². The molecule has 3 aliphatic heterocycles. The summed E-state index contributed by atoms with van der Waals surface area (Å²) in [5.74, 6) is -1.97. The predicted octanol–water partition coefficient (Wildman–Crippen LogP) is 4.72. The van der Waals surface area contributed by atoms with Crippen LogP contribution in [-0.4, -0.2) is 56.4 Å². The number of benzene rings is 2. The van der Waals surface area contributed by atoms with E-state index in [0.717, 1.165) is 18.4 Å². The fourth-order valence-corrected chi connectivity index (χ4v) is 9.07. The maximum atomic E-state index is 14.3. The number of likely N-dealkylation sites (tertiary alicyclic amines) is 1. The van der Waals surface area contributed by atoms with Gasteiger partial charge in [-0.25, -0.2) is 0 Å². The second-order valence-electron chi connectivity index (χ2n) is 10.7. The van der Waals surface area contributed by atoms with Crippen LogP contribution in [0.3, 0.4) is 0 Å². The fourth-order valence-electron chi connectivity index (χ4n) is 6.59. The van der Waals surface area contributed by atoms with E-state index in [4.69, 9.17) is 11.6 Å². The summed E-state index contributed by atoms with van der Waals surface area (Å²) in [6.07, 6.45) is 2.14. The number of hydrogen-bond donors (Lipinski definition) is 3. The third kappa shape index (κ3) is 4.31. The lowest BCUT2D eigenvalue weighted by molar-refractivity contribution is -0.142. The minimum absolute atomic E-state index is 0.0321. The highest BCUT2D eigenvalue weighted by Crippen LogP contribution is 2.67. The van der Waals surface area contributed by atoms with Gasteiger partial charge in [-0.05, 0) is 49.4 Å². The van der Waals surface area contributed by atoms with E-state index >= 15 is 0 Å². The Morgan fingerprint density at radius 3 is 2.55 bits per heavy atom. The number of para-hydroxylation sites is 2. The van der Waals surface area contributed by atoms with Crippen LogP contribution in [-0.2, 0) is 14.4 Å². The summed E-state index contributed by atoms with van der Waals surface area (Å²) < 4.78 is -0.749. The van der Waals surface area contributed by atoms with Crippen LogP contribution in [0.2, 0.25) is 5.02 Å². The molecule has 3 heterocycles. The third-order valence-corrected chi connectivity index (χ3v) is 10.9. The van der Waals surface area contributed by atoms with Crippen LogP contribution in [0.5, 0.6) is 0 Å². The Kier molecular flexibility index (Phi) is 7.50. The normalized spacial score (nSPS) is 29.2. The van der Waals surface area contributed by atoms with Crippen molar-refractivity contribution in [3.63, 3.8) is 0 Å². The largest absolute Gasteiger partial charge is 0.394 e. The lowest BCUT2D eigenvalue weighted by Gasteiger charge is -2.39. The predicted molar refractivity (Wildman–Crippen MR) is 151 cm³/mol. The van der Waals surface area contributed by atoms with E-state index in [1.807, 2.05) is 63.2 Å². The summed E-state index contributed by atoms with van der Waals surface area (Å²) in [4.78, 5) is 43.6. The molecule has 38 heavy (non-hydrogen) atoms. The highest BCUT2D eigenvalue weighted by atomic mass is 35.5. The van der Waals surface area contributed by atoms with Crippen molar-refractivity contribution in [3.8, 4) is 0 Å². The highest BCUT2D eigenvalue weighted by molar-refractivity contribution is 8.02. The number of thioether (sulfide) groups is 1. The van der Waals surface area contributed by atoms with E-state index in [0.29, 0.717) is 22.8 Å². The molecule has 3 saturated heterocycles. The Labute approximate surface area is 232 Å². The number of nitrogens with one attached hydrogen (secondary N) is 2. The molecule has 202 valence electrons. The highest BCUT2D eigenvalue weighted by Gasteiger charge is 2.74. The van der Waals surface area contributed by atoms with Gasteiger partial charge in [0.1, 0.15) is 6.04 Å². The molecule has 0 radical (unpaired) electrons. The van der Waals surface area contributed by atoms with Crippen molar-refractivity contribution in [2.45, 2.75) is 62.1 Å². The molecule has 2 unspecified atom stereocenters. The number of rotatable bonds is 8. The third-order valence-electron chi connectivity index (χ3n) is 8.65. The lowest BCUT2D eigenvalue weighted by Crippen LogP contribution is -2.56. The standard InChI is InChI=1S/C29H34ClN3O4S/c1-4-16(2)20(15-34)33-25(27(36)32-24-17(3)9-8-12-19(24)30)29-14-13-21(38-29)22(23(29)28(33)37)26(35)31-18-10-6-5-7-11-18/h5-12,16,20-23,25,34H,4,13-15H2,1-3H3,(H,31,35)(H,32,36)/t16-,20-,21+,22-,23-,25?,29?/m0/s1. The number of aryl methyl sites for hydroxylation is 1. The Morgan fingerprint density at radius 2 is 1.89 bits per heavy atom. The number of aliphatic hydroxyl groups excluding tert-OH is 1. The number of carbonyl (C=O) groups is 3. The number of nitrogens with zero attached hydrogens (tertiary/aromatic N) is 1. The van der Waals surface area contributed by atoms with Crippen LogP contribution in [0.4, 0.5) is 11.4 Å². The molecule has 2 aromatic carbocycles. The van der Waals surface area contributed by atoms with Gasteiger partial charge in [-0.15, -0.1) is 11.8 Å². The first kappa shape index (κ1) is 27.0. The van der Waals surface area contributed by atoms with E-state index in [1.54, 1.807) is 22.7 Å². The smallest absolute Gasteiger partial charge is 0.248 e. The molecule has 3 amide bonds. The maximum Gasteiger partial charge on any atom is 0.248 e. The first-order valence-corrected chi connectivity index (χ1v) is 14.5. The molecule has 5 rings (SSSR count). The first-order chi connectivity index (χ1) is 18.2. The average molecular weight is 556 g/mol. The van der Waals surface area contributed by atoms with Crippen molar-refractivity contribution < 1.29 is 19.5 Å². The fraction of sp³-hybridized carbons (Fsp3) is 0.483. The van der Waals surface area contributed by atoms with E-state index in [-0.39, 0.29) is 35.5 Å². The number of halogens is 1. The Morgan fingerprint density at radius 1 is 1.16 bits per heavy atom. The van der Waals surface area contributed by atoms with Gasteiger partial charge < -0.3 is 20.6 Å². The molecule has 3 N–H and O–H groups in total. The Balaban J connectivity index is 1.54. The number of aliphatic hydroxyl groups is 1. The van der Waals surface area contributed by atoms with E-state index in [2.05, 4.69) is 10.6 Å². The average Bonchev–Trinajstić information content (AvgIpc) is 3.55. The summed E-state index contributed by atoms with van der Waals surface area (Å²) in [7, 11) is 0. The van der Waals surface area contributed by atoms with Crippen LogP contribution in [0.15, 0.2) is 48.5 Å². The van der Waals surface area contributed by atoms with Crippen LogP contribution in [0, 0.1) is 24.7 Å². The van der Waals surface area contributed by atoms with Crippen molar-refractivity contribution >= 4 is 52.5 Å². The van der Waals surface area contributed by atoms with Crippen LogP contribution in [0.25, 0.3) is 0 Å². The van der Waals surface area contributed by atoms with Gasteiger partial charge >= 0.3 is 0 Å². The zero-order valence-electron chi connectivity index (χ0n) is 21.8. The Hall–Kier alpha value is -2.55. The number of hydrogen-bond acceptors (Lipinski definition) is 5. The zero-order valence-corrected chi connectivity index (χ0v) is 23.4. The second kappa shape index (κ2) is 10.5. The topological polar surface area (TPSA) is 98.7 Å². The van der Waals surface area contributed by atoms with Crippen molar-refractivity contribution in [2.24, 2.45) is 17.8 Å². The molecule has 2 aromatic rings. The van der Waals surface area contributed by atoms with Gasteiger partial charge in [0.25, 0.3) is 0 Å². The van der Waals surface area contributed by atoms with Gasteiger partial charge in [0.2, 0.25) is 17.7 Å². The van der Waals surface area contributed by atoms with Crippen LogP contribution >= 0.6 is 23.4 Å². The Bertz CT molecular complexity index is 1220. The number of anilines is 2. The SMILES string of the molecule is CC[C@H](C)[C@H](CO)N1C(=O)[C@@H]2[C@@H](C(=O)Nc3ccccc3)[C@H]3CCC2(S3)C1C(=O)Nc1c(C)cccc1Cl. The molecule has 9 heteroatoms. The molecule has 3 fully saturated rings. The summed E-state index contributed by atoms with van der Waals surface area (Å²) in [5.41, 5.74) is 2.02. The number of fused-ring (bicyclic) bond motifs is 1. The maximum absolute atomic E-state index is 14.3. The number of carbonyl (C=O) groups excluding carboxylic acids is 3. The molecule has 2 bridgehead atoms. The van der Waals surface area contributed by atoms with Gasteiger partial charge in [-0.1, -0.05) is 62.2 Å². The number of amides is 3. The molecule has 0 aliphatic carbocycles. The minimum atomic E-state index is -0.827. The van der Waals surface area contributed by atoms with Gasteiger partial charge in [0.05, 0.1) is 39.9 Å². The van der Waals surface area contributed by atoms with Crippen LogP contribution in [0.1, 0.15) is 38.7 Å². The summed E-state index contributed by atoms with van der Waals surface area (Å²) in [6.45, 7) is 5.60. The van der Waals surface area contributed by atoms with Crippen LogP contribution < -0.4 is 10.6 Å². The monoisotopic (exact) mass is 555 g/mol. The lowest BCUT2D eigenvalue weighted by atomic mass is 9.70. The zero-order chi connectivity index (χ0) is 27.2.